The van der Waals surface area contributed by atoms with Crippen LogP contribution < -0.4 is 25.3 Å². The highest BCUT2D eigenvalue weighted by molar-refractivity contribution is 5.92. The van der Waals surface area contributed by atoms with Gasteiger partial charge in [0, 0.05) is 18.2 Å². The van der Waals surface area contributed by atoms with Crippen molar-refractivity contribution in [3.8, 4) is 17.2 Å². The standard InChI is InChI=1S/C20H25N3O3/c1-14-4-7-17(8-5-14)26-15(2)13-22-20(21)23-16-6-9-18-19(12-16)25-11-3-10-24-18/h4-9,12,15H,3,10-11,13H2,1-2H3,(H3,21,22,23). The fourth-order valence-corrected chi connectivity index (χ4v) is 2.54. The lowest BCUT2D eigenvalue weighted by atomic mass is 10.2. The van der Waals surface area contributed by atoms with Crippen LogP contribution in [0.3, 0.4) is 0 Å². The molecule has 1 aliphatic rings. The summed E-state index contributed by atoms with van der Waals surface area (Å²) in [6.45, 7) is 5.78. The van der Waals surface area contributed by atoms with Crippen molar-refractivity contribution in [3.05, 3.63) is 48.0 Å². The van der Waals surface area contributed by atoms with E-state index in [-0.39, 0.29) is 6.10 Å². The lowest BCUT2D eigenvalue weighted by Gasteiger charge is -2.14. The van der Waals surface area contributed by atoms with Crippen LogP contribution in [0, 0.1) is 6.92 Å². The Morgan fingerprint density at radius 1 is 1.15 bits per heavy atom. The molecule has 3 rings (SSSR count). The van der Waals surface area contributed by atoms with E-state index < -0.39 is 0 Å². The molecule has 2 aromatic carbocycles. The summed E-state index contributed by atoms with van der Waals surface area (Å²) in [6, 6.07) is 13.6. The van der Waals surface area contributed by atoms with Crippen molar-refractivity contribution in [2.45, 2.75) is 26.4 Å². The molecule has 1 unspecified atom stereocenters. The first-order chi connectivity index (χ1) is 12.6. The molecule has 0 saturated heterocycles. The number of hydrogen-bond acceptors (Lipinski definition) is 4. The van der Waals surface area contributed by atoms with Crippen LogP contribution in [0.1, 0.15) is 18.9 Å². The third-order valence-corrected chi connectivity index (χ3v) is 3.90. The zero-order valence-corrected chi connectivity index (χ0v) is 15.2. The topological polar surface area (TPSA) is 78.1 Å². The molecule has 6 nitrogen and oxygen atoms in total. The van der Waals surface area contributed by atoms with E-state index in [1.54, 1.807) is 0 Å². The maximum absolute atomic E-state index is 5.99. The predicted molar refractivity (Wildman–Crippen MR) is 103 cm³/mol. The predicted octanol–water partition coefficient (Wildman–Crippen LogP) is 3.35. The number of nitrogens with zero attached hydrogens (tertiary/aromatic N) is 1. The minimum absolute atomic E-state index is 0.0816. The van der Waals surface area contributed by atoms with Gasteiger partial charge in [0.05, 0.1) is 19.8 Å². The van der Waals surface area contributed by atoms with Crippen molar-refractivity contribution in [2.75, 3.05) is 25.1 Å². The van der Waals surface area contributed by atoms with E-state index in [2.05, 4.69) is 10.3 Å². The van der Waals surface area contributed by atoms with Gasteiger partial charge in [0.2, 0.25) is 0 Å². The van der Waals surface area contributed by atoms with Crippen LogP contribution in [0.25, 0.3) is 0 Å². The van der Waals surface area contributed by atoms with Gasteiger partial charge >= 0.3 is 0 Å². The van der Waals surface area contributed by atoms with Gasteiger partial charge in [-0.3, -0.25) is 0 Å². The Bertz CT molecular complexity index is 759. The highest BCUT2D eigenvalue weighted by atomic mass is 16.5. The zero-order valence-electron chi connectivity index (χ0n) is 15.2. The van der Waals surface area contributed by atoms with Crippen LogP contribution in [-0.4, -0.2) is 31.8 Å². The summed E-state index contributed by atoms with van der Waals surface area (Å²) in [7, 11) is 0. The van der Waals surface area contributed by atoms with Gasteiger partial charge in [-0.1, -0.05) is 17.7 Å². The van der Waals surface area contributed by atoms with Crippen molar-refractivity contribution in [1.82, 2.24) is 0 Å². The fourth-order valence-electron chi connectivity index (χ4n) is 2.54. The number of ether oxygens (including phenoxy) is 3. The smallest absolute Gasteiger partial charge is 0.193 e. The van der Waals surface area contributed by atoms with E-state index in [9.17, 15) is 0 Å². The Balaban J connectivity index is 1.54. The van der Waals surface area contributed by atoms with Crippen LogP contribution in [0.4, 0.5) is 5.69 Å². The molecule has 2 aromatic rings. The summed E-state index contributed by atoms with van der Waals surface area (Å²) in [5, 5.41) is 3.08. The Labute approximate surface area is 154 Å². The molecule has 1 atom stereocenters. The van der Waals surface area contributed by atoms with Gasteiger partial charge in [0.1, 0.15) is 11.9 Å². The molecule has 1 heterocycles. The molecule has 0 amide bonds. The monoisotopic (exact) mass is 355 g/mol. The van der Waals surface area contributed by atoms with Crippen LogP contribution >= 0.6 is 0 Å². The number of guanidine groups is 1. The van der Waals surface area contributed by atoms with E-state index in [1.165, 1.54) is 5.56 Å². The third-order valence-electron chi connectivity index (χ3n) is 3.90. The number of benzene rings is 2. The molecule has 0 saturated carbocycles. The number of rotatable bonds is 5. The van der Waals surface area contributed by atoms with Crippen molar-refractivity contribution in [1.29, 1.82) is 0 Å². The number of nitrogens with two attached hydrogens (primary N) is 1. The van der Waals surface area contributed by atoms with Gasteiger partial charge in [0.25, 0.3) is 0 Å². The summed E-state index contributed by atoms with van der Waals surface area (Å²) in [5.74, 6) is 2.63. The van der Waals surface area contributed by atoms with Gasteiger partial charge in [-0.25, -0.2) is 4.99 Å². The summed E-state index contributed by atoms with van der Waals surface area (Å²) >= 11 is 0. The zero-order chi connectivity index (χ0) is 18.4. The molecule has 0 aromatic heterocycles. The number of aliphatic imine (C=N–C) groups is 1. The Morgan fingerprint density at radius 2 is 1.88 bits per heavy atom. The molecule has 138 valence electrons. The van der Waals surface area contributed by atoms with Gasteiger partial charge < -0.3 is 25.3 Å². The molecule has 6 heteroatoms. The van der Waals surface area contributed by atoms with E-state index >= 15 is 0 Å². The van der Waals surface area contributed by atoms with Gasteiger partial charge in [-0.2, -0.15) is 0 Å². The molecule has 0 fully saturated rings. The van der Waals surface area contributed by atoms with Gasteiger partial charge in [-0.15, -0.1) is 0 Å². The number of anilines is 1. The summed E-state index contributed by atoms with van der Waals surface area (Å²) < 4.78 is 17.1. The van der Waals surface area contributed by atoms with Crippen molar-refractivity contribution in [3.63, 3.8) is 0 Å². The second-order valence-corrected chi connectivity index (χ2v) is 6.30. The molecule has 0 bridgehead atoms. The molecular weight excluding hydrogens is 330 g/mol. The molecule has 0 spiro atoms. The quantitative estimate of drug-likeness (QED) is 0.635. The maximum Gasteiger partial charge on any atom is 0.193 e. The van der Waals surface area contributed by atoms with E-state index in [4.69, 9.17) is 19.9 Å². The lowest BCUT2D eigenvalue weighted by molar-refractivity contribution is 0.230. The van der Waals surface area contributed by atoms with Crippen LogP contribution in [0.5, 0.6) is 17.2 Å². The lowest BCUT2D eigenvalue weighted by Crippen LogP contribution is -2.25. The summed E-state index contributed by atoms with van der Waals surface area (Å²) in [6.07, 6.45) is 0.793. The minimum Gasteiger partial charge on any atom is -0.490 e. The molecule has 26 heavy (non-hydrogen) atoms. The molecule has 3 N–H and O–H groups in total. The SMILES string of the molecule is Cc1ccc(OC(C)CN=C(N)Nc2ccc3c(c2)OCCCO3)cc1. The highest BCUT2D eigenvalue weighted by Gasteiger charge is 2.11. The first-order valence-electron chi connectivity index (χ1n) is 8.80. The second-order valence-electron chi connectivity index (χ2n) is 6.30. The molecular formula is C20H25N3O3. The van der Waals surface area contributed by atoms with E-state index in [0.29, 0.717) is 25.7 Å². The minimum atomic E-state index is -0.0816. The molecule has 0 radical (unpaired) electrons. The first-order valence-corrected chi connectivity index (χ1v) is 8.80. The molecule has 0 aliphatic carbocycles. The van der Waals surface area contributed by atoms with Crippen LogP contribution in [0.2, 0.25) is 0 Å². The maximum atomic E-state index is 5.99. The number of aryl methyl sites for hydroxylation is 1. The van der Waals surface area contributed by atoms with E-state index in [1.807, 2.05) is 56.3 Å². The number of fused-ring (bicyclic) bond motifs is 1. The summed E-state index contributed by atoms with van der Waals surface area (Å²) in [4.78, 5) is 4.35. The van der Waals surface area contributed by atoms with E-state index in [0.717, 1.165) is 29.4 Å². The first kappa shape index (κ1) is 17.9. The normalized spacial score (nSPS) is 15.1. The van der Waals surface area contributed by atoms with Crippen molar-refractivity contribution >= 4 is 11.6 Å². The van der Waals surface area contributed by atoms with Crippen LogP contribution in [-0.2, 0) is 0 Å². The van der Waals surface area contributed by atoms with Gasteiger partial charge in [0.15, 0.2) is 17.5 Å². The molecule has 1 aliphatic heterocycles. The Hall–Kier alpha value is -2.89. The van der Waals surface area contributed by atoms with Crippen molar-refractivity contribution in [2.24, 2.45) is 10.7 Å². The second kappa shape index (κ2) is 8.47. The average molecular weight is 355 g/mol. The van der Waals surface area contributed by atoms with Crippen LogP contribution in [0.15, 0.2) is 47.5 Å². The van der Waals surface area contributed by atoms with Crippen molar-refractivity contribution < 1.29 is 14.2 Å². The number of nitrogens with one attached hydrogen (secondary N) is 1. The average Bonchev–Trinajstić information content (AvgIpc) is 2.87. The Kier molecular flexibility index (Phi) is 5.84. The largest absolute Gasteiger partial charge is 0.490 e. The Morgan fingerprint density at radius 3 is 2.65 bits per heavy atom. The van der Waals surface area contributed by atoms with Gasteiger partial charge in [-0.05, 0) is 38.1 Å². The highest BCUT2D eigenvalue weighted by Crippen LogP contribution is 2.32. The number of hydrogen-bond donors (Lipinski definition) is 2. The fraction of sp³-hybridized carbons (Fsp3) is 0.350. The summed E-state index contributed by atoms with van der Waals surface area (Å²) in [5.41, 5.74) is 7.99. The third kappa shape index (κ3) is 5.05.